The van der Waals surface area contributed by atoms with Crippen LogP contribution in [0.4, 0.5) is 0 Å². The normalized spacial score (nSPS) is 30.3. The van der Waals surface area contributed by atoms with Gasteiger partial charge in [-0.3, -0.25) is 9.69 Å². The molecule has 19 heavy (non-hydrogen) atoms. The van der Waals surface area contributed by atoms with Gasteiger partial charge in [0.25, 0.3) is 0 Å². The van der Waals surface area contributed by atoms with Crippen LogP contribution in [-0.4, -0.2) is 59.6 Å². The fraction of sp³-hybridized carbons (Fsp3) is 0.800. The van der Waals surface area contributed by atoms with Gasteiger partial charge in [0, 0.05) is 31.8 Å². The van der Waals surface area contributed by atoms with Crippen LogP contribution in [0.3, 0.4) is 0 Å². The lowest BCUT2D eigenvalue weighted by Crippen LogP contribution is -2.68. The van der Waals surface area contributed by atoms with Gasteiger partial charge in [0.15, 0.2) is 0 Å². The van der Waals surface area contributed by atoms with Crippen LogP contribution in [0.25, 0.3) is 0 Å². The molecule has 0 bridgehead atoms. The molecule has 1 N–H and O–H groups in total. The van der Waals surface area contributed by atoms with Crippen molar-refractivity contribution < 1.29 is 9.90 Å². The van der Waals surface area contributed by atoms with Crippen LogP contribution in [0.1, 0.15) is 32.1 Å². The van der Waals surface area contributed by atoms with Crippen molar-refractivity contribution in [3.63, 3.8) is 0 Å². The average Bonchev–Trinajstić information content (AvgIpc) is 2.74. The number of nitrogens with zero attached hydrogens (tertiary/aromatic N) is 2. The van der Waals surface area contributed by atoms with Crippen LogP contribution in [0.15, 0.2) is 11.6 Å². The Kier molecular flexibility index (Phi) is 3.39. The number of likely N-dealkylation sites (N-methyl/N-ethyl adjacent to an activating group) is 1. The largest absolute Gasteiger partial charge is 0.396 e. The maximum atomic E-state index is 12.4. The molecule has 0 aromatic carbocycles. The van der Waals surface area contributed by atoms with E-state index in [9.17, 15) is 9.90 Å². The first-order valence-corrected chi connectivity index (χ1v) is 7.45. The van der Waals surface area contributed by atoms with Crippen LogP contribution in [-0.2, 0) is 4.79 Å². The van der Waals surface area contributed by atoms with E-state index in [2.05, 4.69) is 18.0 Å². The average molecular weight is 264 g/mol. The molecule has 1 spiro atoms. The standard InChI is InChI=1S/C15H24N2O2/c1-16-8-12(9-18)7-15(16)10-17(11-15)14(19)13-5-3-2-4-6-13/h5,12,18H,2-4,6-11H2,1H3/t12-/m0/s1. The van der Waals surface area contributed by atoms with Gasteiger partial charge in [0.2, 0.25) is 5.91 Å². The Bertz CT molecular complexity index is 399. The zero-order valence-corrected chi connectivity index (χ0v) is 11.8. The quantitative estimate of drug-likeness (QED) is 0.809. The van der Waals surface area contributed by atoms with E-state index in [0.717, 1.165) is 50.9 Å². The summed E-state index contributed by atoms with van der Waals surface area (Å²) in [6, 6.07) is 0. The predicted octanol–water partition coefficient (Wildman–Crippen LogP) is 1.01. The number of rotatable bonds is 2. The SMILES string of the molecule is CN1C[C@@H](CO)CC12CN(C(=O)C1=CCCCC1)C2. The van der Waals surface area contributed by atoms with Gasteiger partial charge in [-0.15, -0.1) is 0 Å². The first-order valence-electron chi connectivity index (χ1n) is 7.45. The van der Waals surface area contributed by atoms with E-state index in [0.29, 0.717) is 5.92 Å². The van der Waals surface area contributed by atoms with Crippen molar-refractivity contribution in [2.24, 2.45) is 5.92 Å². The molecule has 0 radical (unpaired) electrons. The molecule has 2 fully saturated rings. The number of hydrogen-bond donors (Lipinski definition) is 1. The highest BCUT2D eigenvalue weighted by Gasteiger charge is 2.53. The highest BCUT2D eigenvalue weighted by atomic mass is 16.3. The number of hydrogen-bond acceptors (Lipinski definition) is 3. The lowest BCUT2D eigenvalue weighted by atomic mass is 9.83. The minimum absolute atomic E-state index is 0.151. The van der Waals surface area contributed by atoms with Crippen molar-refractivity contribution in [3.8, 4) is 0 Å². The van der Waals surface area contributed by atoms with Crippen molar-refractivity contribution in [1.82, 2.24) is 9.80 Å². The maximum absolute atomic E-state index is 12.4. The highest BCUT2D eigenvalue weighted by molar-refractivity contribution is 5.94. The second kappa shape index (κ2) is 4.91. The molecule has 0 unspecified atom stereocenters. The van der Waals surface area contributed by atoms with Crippen molar-refractivity contribution in [2.75, 3.05) is 33.3 Å². The number of allylic oxidation sites excluding steroid dienone is 1. The molecule has 106 valence electrons. The summed E-state index contributed by atoms with van der Waals surface area (Å²) in [5.41, 5.74) is 1.18. The van der Waals surface area contributed by atoms with Gasteiger partial charge in [-0.25, -0.2) is 0 Å². The predicted molar refractivity (Wildman–Crippen MR) is 73.7 cm³/mol. The zero-order valence-electron chi connectivity index (χ0n) is 11.8. The number of amides is 1. The third-order valence-electron chi connectivity index (χ3n) is 5.09. The molecule has 0 saturated carbocycles. The van der Waals surface area contributed by atoms with Crippen molar-refractivity contribution in [1.29, 1.82) is 0 Å². The smallest absolute Gasteiger partial charge is 0.249 e. The Labute approximate surface area is 115 Å². The zero-order chi connectivity index (χ0) is 13.5. The Morgan fingerprint density at radius 2 is 2.26 bits per heavy atom. The topological polar surface area (TPSA) is 43.8 Å². The third kappa shape index (κ3) is 2.21. The summed E-state index contributed by atoms with van der Waals surface area (Å²) in [5, 5.41) is 9.30. The van der Waals surface area contributed by atoms with Gasteiger partial charge >= 0.3 is 0 Å². The van der Waals surface area contributed by atoms with Gasteiger partial charge in [0.1, 0.15) is 0 Å². The van der Waals surface area contributed by atoms with E-state index in [1.165, 1.54) is 6.42 Å². The van der Waals surface area contributed by atoms with Crippen molar-refractivity contribution in [3.05, 3.63) is 11.6 Å². The second-order valence-electron chi connectivity index (χ2n) is 6.49. The number of carbonyl (C=O) groups is 1. The molecule has 1 atom stereocenters. The fourth-order valence-electron chi connectivity index (χ4n) is 3.87. The molecule has 2 aliphatic heterocycles. The number of likely N-dealkylation sites (tertiary alicyclic amines) is 2. The molecule has 4 nitrogen and oxygen atoms in total. The van der Waals surface area contributed by atoms with Crippen LogP contribution < -0.4 is 0 Å². The van der Waals surface area contributed by atoms with Crippen LogP contribution >= 0.6 is 0 Å². The highest BCUT2D eigenvalue weighted by Crippen LogP contribution is 2.40. The molecule has 0 aromatic rings. The number of aliphatic hydroxyl groups excluding tert-OH is 1. The van der Waals surface area contributed by atoms with E-state index in [4.69, 9.17) is 0 Å². The molecule has 1 amide bonds. The third-order valence-corrected chi connectivity index (χ3v) is 5.09. The minimum atomic E-state index is 0.151. The molecule has 1 aliphatic carbocycles. The monoisotopic (exact) mass is 264 g/mol. The summed E-state index contributed by atoms with van der Waals surface area (Å²) in [6.45, 7) is 2.92. The Morgan fingerprint density at radius 1 is 1.47 bits per heavy atom. The van der Waals surface area contributed by atoms with Gasteiger partial charge in [-0.1, -0.05) is 6.08 Å². The van der Waals surface area contributed by atoms with E-state index in [-0.39, 0.29) is 18.1 Å². The molecule has 3 aliphatic rings. The fourth-order valence-corrected chi connectivity index (χ4v) is 3.87. The lowest BCUT2D eigenvalue weighted by molar-refractivity contribution is -0.139. The van der Waals surface area contributed by atoms with E-state index < -0.39 is 0 Å². The van der Waals surface area contributed by atoms with Crippen LogP contribution in [0.2, 0.25) is 0 Å². The van der Waals surface area contributed by atoms with E-state index in [1.807, 2.05) is 4.90 Å². The summed E-state index contributed by atoms with van der Waals surface area (Å²) < 4.78 is 0. The molecule has 2 heterocycles. The van der Waals surface area contributed by atoms with Crippen molar-refractivity contribution >= 4 is 5.91 Å². The van der Waals surface area contributed by atoms with Gasteiger partial charge in [-0.2, -0.15) is 0 Å². The Hall–Kier alpha value is -0.870. The summed E-state index contributed by atoms with van der Waals surface area (Å²) in [5.74, 6) is 0.641. The minimum Gasteiger partial charge on any atom is -0.396 e. The van der Waals surface area contributed by atoms with Gasteiger partial charge < -0.3 is 10.0 Å². The van der Waals surface area contributed by atoms with Gasteiger partial charge in [-0.05, 0) is 45.1 Å². The van der Waals surface area contributed by atoms with Crippen LogP contribution in [0.5, 0.6) is 0 Å². The maximum Gasteiger partial charge on any atom is 0.249 e. The van der Waals surface area contributed by atoms with Gasteiger partial charge in [0.05, 0.1) is 5.54 Å². The van der Waals surface area contributed by atoms with E-state index in [1.54, 1.807) is 0 Å². The first kappa shape index (κ1) is 13.1. The Balaban J connectivity index is 1.60. The molecular formula is C15H24N2O2. The second-order valence-corrected chi connectivity index (χ2v) is 6.49. The van der Waals surface area contributed by atoms with E-state index >= 15 is 0 Å². The summed E-state index contributed by atoms with van der Waals surface area (Å²) in [7, 11) is 2.12. The number of carbonyl (C=O) groups excluding carboxylic acids is 1. The van der Waals surface area contributed by atoms with Crippen LogP contribution in [0, 0.1) is 5.92 Å². The molecule has 3 rings (SSSR count). The molecule has 0 aromatic heterocycles. The molecular weight excluding hydrogens is 240 g/mol. The van der Waals surface area contributed by atoms with Crippen molar-refractivity contribution in [2.45, 2.75) is 37.6 Å². The lowest BCUT2D eigenvalue weighted by Gasteiger charge is -2.52. The Morgan fingerprint density at radius 3 is 2.84 bits per heavy atom. The first-order chi connectivity index (χ1) is 9.14. The molecule has 2 saturated heterocycles. The summed E-state index contributed by atoms with van der Waals surface area (Å²) in [6.07, 6.45) is 7.56. The number of aliphatic hydroxyl groups is 1. The summed E-state index contributed by atoms with van der Waals surface area (Å²) >= 11 is 0. The summed E-state index contributed by atoms with van der Waals surface area (Å²) in [4.78, 5) is 16.7. The molecule has 4 heteroatoms.